The van der Waals surface area contributed by atoms with Crippen LogP contribution in [0, 0.1) is 5.41 Å². The maximum atomic E-state index is 12.0. The minimum atomic E-state index is 0.201. The molecule has 1 aliphatic heterocycles. The molecule has 0 bridgehead atoms. The van der Waals surface area contributed by atoms with Gasteiger partial charge >= 0.3 is 0 Å². The lowest BCUT2D eigenvalue weighted by molar-refractivity contribution is -0.123. The van der Waals surface area contributed by atoms with Gasteiger partial charge in [-0.15, -0.1) is 0 Å². The standard InChI is InChI=1S/C13H25N3O/c1-13(2)5-3-4-11(13)15-12(17)10-16-8-6-14-7-9-16/h11,14H,3-10H2,1-2H3,(H,15,17). The summed E-state index contributed by atoms with van der Waals surface area (Å²) in [6.07, 6.45) is 3.61. The molecule has 2 rings (SSSR count). The van der Waals surface area contributed by atoms with E-state index in [1.807, 2.05) is 0 Å². The quantitative estimate of drug-likeness (QED) is 0.757. The number of nitrogens with zero attached hydrogens (tertiary/aromatic N) is 1. The highest BCUT2D eigenvalue weighted by Gasteiger charge is 2.35. The monoisotopic (exact) mass is 239 g/mol. The molecule has 4 nitrogen and oxygen atoms in total. The van der Waals surface area contributed by atoms with E-state index in [-0.39, 0.29) is 11.3 Å². The second kappa shape index (κ2) is 5.36. The molecule has 1 unspecified atom stereocenters. The number of carbonyl (C=O) groups excluding carboxylic acids is 1. The van der Waals surface area contributed by atoms with Crippen LogP contribution in [0.3, 0.4) is 0 Å². The van der Waals surface area contributed by atoms with Gasteiger partial charge in [0.15, 0.2) is 0 Å². The molecular weight excluding hydrogens is 214 g/mol. The predicted molar refractivity (Wildman–Crippen MR) is 68.9 cm³/mol. The molecule has 1 saturated heterocycles. The van der Waals surface area contributed by atoms with E-state index in [1.165, 1.54) is 12.8 Å². The number of piperazine rings is 1. The highest BCUT2D eigenvalue weighted by atomic mass is 16.2. The van der Waals surface area contributed by atoms with Crippen LogP contribution in [0.25, 0.3) is 0 Å². The molecule has 0 spiro atoms. The lowest BCUT2D eigenvalue weighted by atomic mass is 9.87. The Morgan fingerprint density at radius 3 is 2.71 bits per heavy atom. The summed E-state index contributed by atoms with van der Waals surface area (Å²) >= 11 is 0. The fourth-order valence-corrected chi connectivity index (χ4v) is 2.91. The minimum Gasteiger partial charge on any atom is -0.352 e. The smallest absolute Gasteiger partial charge is 0.234 e. The molecule has 1 amide bonds. The first-order valence-electron chi connectivity index (χ1n) is 6.80. The zero-order valence-corrected chi connectivity index (χ0v) is 11.1. The van der Waals surface area contributed by atoms with E-state index in [2.05, 4.69) is 29.4 Å². The summed E-state index contributed by atoms with van der Waals surface area (Å²) in [6.45, 7) is 9.06. The third kappa shape index (κ3) is 3.42. The summed E-state index contributed by atoms with van der Waals surface area (Å²) in [5.74, 6) is 0.201. The second-order valence-corrected chi connectivity index (χ2v) is 6.03. The van der Waals surface area contributed by atoms with Crippen molar-refractivity contribution in [2.45, 2.75) is 39.2 Å². The van der Waals surface area contributed by atoms with Crippen LogP contribution in [-0.4, -0.2) is 49.6 Å². The van der Waals surface area contributed by atoms with Crippen molar-refractivity contribution in [3.8, 4) is 0 Å². The Balaban J connectivity index is 1.76. The first kappa shape index (κ1) is 12.8. The number of hydrogen-bond acceptors (Lipinski definition) is 3. The number of nitrogens with one attached hydrogen (secondary N) is 2. The van der Waals surface area contributed by atoms with E-state index < -0.39 is 0 Å². The van der Waals surface area contributed by atoms with Crippen molar-refractivity contribution in [2.24, 2.45) is 5.41 Å². The molecule has 2 aliphatic rings. The summed E-state index contributed by atoms with van der Waals surface area (Å²) in [4.78, 5) is 14.2. The lowest BCUT2D eigenvalue weighted by Gasteiger charge is -2.30. The second-order valence-electron chi connectivity index (χ2n) is 6.03. The summed E-state index contributed by atoms with van der Waals surface area (Å²) in [5, 5.41) is 6.52. The topological polar surface area (TPSA) is 44.4 Å². The first-order chi connectivity index (χ1) is 8.08. The van der Waals surface area contributed by atoms with E-state index >= 15 is 0 Å². The molecule has 98 valence electrons. The van der Waals surface area contributed by atoms with Crippen molar-refractivity contribution in [3.63, 3.8) is 0 Å². The van der Waals surface area contributed by atoms with E-state index in [4.69, 9.17) is 0 Å². The van der Waals surface area contributed by atoms with Gasteiger partial charge < -0.3 is 10.6 Å². The lowest BCUT2D eigenvalue weighted by Crippen LogP contribution is -2.50. The molecule has 1 saturated carbocycles. The maximum absolute atomic E-state index is 12.0. The normalized spacial score (nSPS) is 29.2. The van der Waals surface area contributed by atoms with Crippen LogP contribution >= 0.6 is 0 Å². The van der Waals surface area contributed by atoms with E-state index in [0.717, 1.165) is 32.6 Å². The highest BCUT2D eigenvalue weighted by Crippen LogP contribution is 2.37. The highest BCUT2D eigenvalue weighted by molar-refractivity contribution is 5.78. The third-order valence-corrected chi connectivity index (χ3v) is 4.17. The molecule has 2 fully saturated rings. The predicted octanol–water partition coefficient (Wildman–Crippen LogP) is 0.587. The Labute approximate surface area is 104 Å². The van der Waals surface area contributed by atoms with Crippen LogP contribution in [0.5, 0.6) is 0 Å². The minimum absolute atomic E-state index is 0.201. The van der Waals surface area contributed by atoms with Crippen LogP contribution in [-0.2, 0) is 4.79 Å². The van der Waals surface area contributed by atoms with Crippen LogP contribution < -0.4 is 10.6 Å². The Kier molecular flexibility index (Phi) is 4.05. The van der Waals surface area contributed by atoms with Crippen LogP contribution in [0.15, 0.2) is 0 Å². The SMILES string of the molecule is CC1(C)CCCC1NC(=O)CN1CCNCC1. The Hall–Kier alpha value is -0.610. The fraction of sp³-hybridized carbons (Fsp3) is 0.923. The van der Waals surface area contributed by atoms with E-state index in [1.54, 1.807) is 0 Å². The summed E-state index contributed by atoms with van der Waals surface area (Å²) in [7, 11) is 0. The number of carbonyl (C=O) groups is 1. The summed E-state index contributed by atoms with van der Waals surface area (Å²) < 4.78 is 0. The van der Waals surface area contributed by atoms with Crippen molar-refractivity contribution < 1.29 is 4.79 Å². The van der Waals surface area contributed by atoms with Gasteiger partial charge in [0.1, 0.15) is 0 Å². The molecule has 1 aliphatic carbocycles. The van der Waals surface area contributed by atoms with Gasteiger partial charge in [0.2, 0.25) is 5.91 Å². The molecule has 2 N–H and O–H groups in total. The zero-order chi connectivity index (χ0) is 12.3. The molecule has 0 aromatic carbocycles. The molecule has 4 heteroatoms. The van der Waals surface area contributed by atoms with Gasteiger partial charge in [0.05, 0.1) is 6.54 Å². The van der Waals surface area contributed by atoms with Gasteiger partial charge in [-0.25, -0.2) is 0 Å². The Bertz CT molecular complexity index is 272. The van der Waals surface area contributed by atoms with Crippen LogP contribution in [0.2, 0.25) is 0 Å². The number of rotatable bonds is 3. The van der Waals surface area contributed by atoms with Crippen molar-refractivity contribution >= 4 is 5.91 Å². The molecular formula is C13H25N3O. The first-order valence-corrected chi connectivity index (χ1v) is 6.80. The van der Waals surface area contributed by atoms with Crippen LogP contribution in [0.4, 0.5) is 0 Å². The van der Waals surface area contributed by atoms with Crippen molar-refractivity contribution in [3.05, 3.63) is 0 Å². The largest absolute Gasteiger partial charge is 0.352 e. The van der Waals surface area contributed by atoms with Gasteiger partial charge in [-0.1, -0.05) is 20.3 Å². The average Bonchev–Trinajstić information content (AvgIpc) is 2.59. The van der Waals surface area contributed by atoms with Crippen molar-refractivity contribution in [1.29, 1.82) is 0 Å². The Morgan fingerprint density at radius 1 is 1.41 bits per heavy atom. The fourth-order valence-electron chi connectivity index (χ4n) is 2.91. The van der Waals surface area contributed by atoms with Gasteiger partial charge in [0.25, 0.3) is 0 Å². The van der Waals surface area contributed by atoms with Gasteiger partial charge in [-0.2, -0.15) is 0 Å². The summed E-state index contributed by atoms with van der Waals surface area (Å²) in [6, 6.07) is 0.373. The number of hydrogen-bond donors (Lipinski definition) is 2. The molecule has 17 heavy (non-hydrogen) atoms. The molecule has 0 aromatic rings. The van der Waals surface area contributed by atoms with Crippen molar-refractivity contribution in [1.82, 2.24) is 15.5 Å². The van der Waals surface area contributed by atoms with Crippen molar-refractivity contribution in [2.75, 3.05) is 32.7 Å². The third-order valence-electron chi connectivity index (χ3n) is 4.17. The Morgan fingerprint density at radius 2 is 2.12 bits per heavy atom. The molecule has 0 radical (unpaired) electrons. The maximum Gasteiger partial charge on any atom is 0.234 e. The van der Waals surface area contributed by atoms with Gasteiger partial charge in [-0.3, -0.25) is 9.69 Å². The van der Waals surface area contributed by atoms with Gasteiger partial charge in [0, 0.05) is 32.2 Å². The van der Waals surface area contributed by atoms with E-state index in [9.17, 15) is 4.79 Å². The van der Waals surface area contributed by atoms with Gasteiger partial charge in [-0.05, 0) is 18.3 Å². The zero-order valence-electron chi connectivity index (χ0n) is 11.1. The molecule has 1 heterocycles. The number of amides is 1. The van der Waals surface area contributed by atoms with E-state index in [0.29, 0.717) is 12.6 Å². The van der Waals surface area contributed by atoms with Crippen LogP contribution in [0.1, 0.15) is 33.1 Å². The average molecular weight is 239 g/mol. The molecule has 0 aromatic heterocycles. The summed E-state index contributed by atoms with van der Waals surface area (Å²) in [5.41, 5.74) is 0.277. The molecule has 1 atom stereocenters.